The first-order chi connectivity index (χ1) is 15.6. The molecule has 32 heavy (non-hydrogen) atoms. The average molecular weight is 436 g/mol. The SMILES string of the molecule is CC.COC(=O)c1ccccc1OC(=O)Oc1ccccc1C(=O)OCc1ccccc1. The minimum absolute atomic E-state index is 0.0292. The molecular formula is C25H24O7. The van der Waals surface area contributed by atoms with Crippen LogP contribution >= 0.6 is 0 Å². The predicted molar refractivity (Wildman–Crippen MR) is 118 cm³/mol. The zero-order chi connectivity index (χ0) is 23.3. The number of carbonyl (C=O) groups is 3. The highest BCUT2D eigenvalue weighted by atomic mass is 16.7. The largest absolute Gasteiger partial charge is 0.519 e. The van der Waals surface area contributed by atoms with Crippen LogP contribution in [0.15, 0.2) is 78.9 Å². The van der Waals surface area contributed by atoms with Crippen LogP contribution in [0, 0.1) is 0 Å². The molecule has 0 aromatic heterocycles. The van der Waals surface area contributed by atoms with Gasteiger partial charge in [0.2, 0.25) is 0 Å². The van der Waals surface area contributed by atoms with E-state index < -0.39 is 18.1 Å². The zero-order valence-corrected chi connectivity index (χ0v) is 18.1. The molecular weight excluding hydrogens is 412 g/mol. The van der Waals surface area contributed by atoms with E-state index in [0.29, 0.717) is 0 Å². The topological polar surface area (TPSA) is 88.1 Å². The fourth-order valence-electron chi connectivity index (χ4n) is 2.56. The Bertz CT molecular complexity index is 1040. The molecule has 0 bridgehead atoms. The van der Waals surface area contributed by atoms with Crippen LogP contribution in [0.2, 0.25) is 0 Å². The summed E-state index contributed by atoms with van der Waals surface area (Å²) < 4.78 is 20.2. The fraction of sp³-hybridized carbons (Fsp3) is 0.160. The van der Waals surface area contributed by atoms with E-state index in [1.807, 2.05) is 44.2 Å². The highest BCUT2D eigenvalue weighted by molar-refractivity contribution is 5.94. The molecule has 7 heteroatoms. The quantitative estimate of drug-likeness (QED) is 0.376. The Morgan fingerprint density at radius 3 is 1.66 bits per heavy atom. The average Bonchev–Trinajstić information content (AvgIpc) is 2.84. The Kier molecular flexibility index (Phi) is 9.46. The van der Waals surface area contributed by atoms with Crippen molar-refractivity contribution < 1.29 is 33.3 Å². The third-order valence-electron chi connectivity index (χ3n) is 4.00. The summed E-state index contributed by atoms with van der Waals surface area (Å²) in [5.41, 5.74) is 0.946. The van der Waals surface area contributed by atoms with Crippen LogP contribution in [0.5, 0.6) is 11.5 Å². The molecule has 0 aliphatic heterocycles. The number of rotatable bonds is 6. The zero-order valence-electron chi connectivity index (χ0n) is 18.1. The van der Waals surface area contributed by atoms with Gasteiger partial charge in [0.15, 0.2) is 0 Å². The van der Waals surface area contributed by atoms with Crippen molar-refractivity contribution in [2.45, 2.75) is 20.5 Å². The fourth-order valence-corrected chi connectivity index (χ4v) is 2.56. The Hall–Kier alpha value is -4.13. The predicted octanol–water partition coefficient (Wildman–Crippen LogP) is 5.43. The Morgan fingerprint density at radius 2 is 1.12 bits per heavy atom. The van der Waals surface area contributed by atoms with Gasteiger partial charge in [0.1, 0.15) is 29.2 Å². The molecule has 0 aliphatic rings. The van der Waals surface area contributed by atoms with Crippen LogP contribution in [-0.4, -0.2) is 25.2 Å². The van der Waals surface area contributed by atoms with Crippen molar-refractivity contribution in [3.05, 3.63) is 95.6 Å². The molecule has 166 valence electrons. The lowest BCUT2D eigenvalue weighted by Crippen LogP contribution is -2.18. The van der Waals surface area contributed by atoms with Crippen molar-refractivity contribution in [3.63, 3.8) is 0 Å². The molecule has 0 atom stereocenters. The van der Waals surface area contributed by atoms with Gasteiger partial charge in [0.05, 0.1) is 7.11 Å². The number of carbonyl (C=O) groups excluding carboxylic acids is 3. The Balaban J connectivity index is 0.00000176. The number of esters is 2. The Morgan fingerprint density at radius 1 is 0.656 bits per heavy atom. The second-order valence-corrected chi connectivity index (χ2v) is 6.00. The van der Waals surface area contributed by atoms with Crippen molar-refractivity contribution in [1.29, 1.82) is 0 Å². The number of ether oxygens (including phenoxy) is 4. The van der Waals surface area contributed by atoms with Crippen molar-refractivity contribution in [2.24, 2.45) is 0 Å². The van der Waals surface area contributed by atoms with Crippen molar-refractivity contribution in [1.82, 2.24) is 0 Å². The minimum atomic E-state index is -1.12. The summed E-state index contributed by atoms with van der Waals surface area (Å²) in [5.74, 6) is -1.38. The van der Waals surface area contributed by atoms with E-state index in [9.17, 15) is 14.4 Å². The Labute approximate surface area is 186 Å². The summed E-state index contributed by atoms with van der Waals surface area (Å²) in [7, 11) is 1.22. The van der Waals surface area contributed by atoms with E-state index in [4.69, 9.17) is 14.2 Å². The van der Waals surface area contributed by atoms with Crippen LogP contribution in [0.4, 0.5) is 4.79 Å². The second-order valence-electron chi connectivity index (χ2n) is 6.00. The van der Waals surface area contributed by atoms with E-state index in [1.54, 1.807) is 24.3 Å². The number of para-hydroxylation sites is 2. The van der Waals surface area contributed by atoms with Crippen LogP contribution in [0.25, 0.3) is 0 Å². The summed E-state index contributed by atoms with van der Waals surface area (Å²) in [5, 5.41) is 0. The van der Waals surface area contributed by atoms with Gasteiger partial charge in [-0.3, -0.25) is 0 Å². The minimum Gasteiger partial charge on any atom is -0.465 e. The third kappa shape index (κ3) is 6.70. The van der Waals surface area contributed by atoms with Crippen molar-refractivity contribution in [3.8, 4) is 11.5 Å². The first-order valence-electron chi connectivity index (χ1n) is 9.95. The number of hydrogen-bond donors (Lipinski definition) is 0. The van der Waals surface area contributed by atoms with Gasteiger partial charge < -0.3 is 18.9 Å². The van der Waals surface area contributed by atoms with E-state index in [1.165, 1.54) is 31.4 Å². The molecule has 7 nitrogen and oxygen atoms in total. The van der Waals surface area contributed by atoms with Crippen LogP contribution < -0.4 is 9.47 Å². The lowest BCUT2D eigenvalue weighted by atomic mass is 10.2. The molecule has 3 aromatic rings. The van der Waals surface area contributed by atoms with Crippen molar-refractivity contribution >= 4 is 18.1 Å². The third-order valence-corrected chi connectivity index (χ3v) is 4.00. The van der Waals surface area contributed by atoms with Gasteiger partial charge in [-0.1, -0.05) is 68.4 Å². The monoisotopic (exact) mass is 436 g/mol. The van der Waals surface area contributed by atoms with Gasteiger partial charge >= 0.3 is 18.1 Å². The summed E-state index contributed by atoms with van der Waals surface area (Å²) in [6.07, 6.45) is -1.12. The number of hydrogen-bond acceptors (Lipinski definition) is 7. The van der Waals surface area contributed by atoms with Gasteiger partial charge in [-0.25, -0.2) is 14.4 Å². The molecule has 3 rings (SSSR count). The highest BCUT2D eigenvalue weighted by Gasteiger charge is 2.20. The van der Waals surface area contributed by atoms with E-state index in [2.05, 4.69) is 4.74 Å². The summed E-state index contributed by atoms with van der Waals surface area (Å²) >= 11 is 0. The van der Waals surface area contributed by atoms with Gasteiger partial charge in [0, 0.05) is 0 Å². The summed E-state index contributed by atoms with van der Waals surface area (Å²) in [6.45, 7) is 4.07. The van der Waals surface area contributed by atoms with Gasteiger partial charge in [0.25, 0.3) is 0 Å². The normalized spacial score (nSPS) is 9.59. The lowest BCUT2D eigenvalue weighted by Gasteiger charge is -2.11. The van der Waals surface area contributed by atoms with Crippen LogP contribution in [0.3, 0.4) is 0 Å². The second kappa shape index (κ2) is 12.5. The highest BCUT2D eigenvalue weighted by Crippen LogP contribution is 2.23. The maximum atomic E-state index is 12.4. The number of benzene rings is 3. The first kappa shape index (κ1) is 24.1. The van der Waals surface area contributed by atoms with E-state index >= 15 is 0 Å². The molecule has 0 unspecified atom stereocenters. The van der Waals surface area contributed by atoms with Crippen LogP contribution in [-0.2, 0) is 16.1 Å². The first-order valence-corrected chi connectivity index (χ1v) is 9.95. The molecule has 0 saturated carbocycles. The number of methoxy groups -OCH3 is 1. The van der Waals surface area contributed by atoms with Crippen LogP contribution in [0.1, 0.15) is 40.1 Å². The molecule has 0 radical (unpaired) electrons. The molecule has 0 saturated heterocycles. The molecule has 0 heterocycles. The van der Waals surface area contributed by atoms with Gasteiger partial charge in [-0.15, -0.1) is 0 Å². The van der Waals surface area contributed by atoms with Crippen molar-refractivity contribution in [2.75, 3.05) is 7.11 Å². The standard InChI is InChI=1S/C23H18O7.C2H6/c1-27-21(24)17-11-5-7-13-19(17)29-23(26)30-20-14-8-6-12-18(20)22(25)28-15-16-9-3-2-4-10-16;1-2/h2-14H,15H2,1H3;1-2H3. The maximum absolute atomic E-state index is 12.4. The summed E-state index contributed by atoms with van der Waals surface area (Å²) in [6, 6.07) is 21.4. The smallest absolute Gasteiger partial charge is 0.465 e. The molecule has 0 amide bonds. The maximum Gasteiger partial charge on any atom is 0.519 e. The van der Waals surface area contributed by atoms with Gasteiger partial charge in [-0.05, 0) is 29.8 Å². The molecule has 0 spiro atoms. The van der Waals surface area contributed by atoms with E-state index in [0.717, 1.165) is 5.56 Å². The van der Waals surface area contributed by atoms with Gasteiger partial charge in [-0.2, -0.15) is 0 Å². The molecule has 0 aliphatic carbocycles. The molecule has 0 N–H and O–H groups in total. The van der Waals surface area contributed by atoms with E-state index in [-0.39, 0.29) is 29.2 Å². The molecule has 3 aromatic carbocycles. The lowest BCUT2D eigenvalue weighted by molar-refractivity contribution is 0.0468. The summed E-state index contributed by atoms with van der Waals surface area (Å²) in [4.78, 5) is 36.5. The molecule has 0 fully saturated rings.